The highest BCUT2D eigenvalue weighted by Crippen LogP contribution is 2.16. The maximum Gasteiger partial charge on any atom is 0.336 e. The van der Waals surface area contributed by atoms with Crippen LogP contribution in [0.2, 0.25) is 0 Å². The number of aryl methyl sites for hydroxylation is 1. The Labute approximate surface area is 118 Å². The van der Waals surface area contributed by atoms with Crippen molar-refractivity contribution in [3.8, 4) is 0 Å². The average Bonchev–Trinajstić information content (AvgIpc) is 2.41. The third kappa shape index (κ3) is 3.27. The second-order valence-electron chi connectivity index (χ2n) is 5.06. The van der Waals surface area contributed by atoms with Crippen LogP contribution in [0.25, 0.3) is 0 Å². The van der Waals surface area contributed by atoms with Gasteiger partial charge < -0.3 is 20.2 Å². The normalized spacial score (nSPS) is 16.0. The number of carbonyl (C=O) groups is 2. The first-order valence-corrected chi connectivity index (χ1v) is 6.56. The van der Waals surface area contributed by atoms with Crippen LogP contribution in [-0.2, 0) is 0 Å². The van der Waals surface area contributed by atoms with Crippen molar-refractivity contribution in [2.75, 3.05) is 38.5 Å². The molecule has 1 saturated heterocycles. The molecular formula is C14H19N3O3. The number of benzene rings is 1. The highest BCUT2D eigenvalue weighted by Gasteiger charge is 2.19. The molecule has 0 aliphatic carbocycles. The van der Waals surface area contributed by atoms with Crippen LogP contribution >= 0.6 is 0 Å². The minimum atomic E-state index is -0.988. The highest BCUT2D eigenvalue weighted by molar-refractivity contribution is 5.94. The Bertz CT molecular complexity index is 522. The molecule has 1 fully saturated rings. The molecule has 0 unspecified atom stereocenters. The van der Waals surface area contributed by atoms with Crippen molar-refractivity contribution in [3.63, 3.8) is 0 Å². The summed E-state index contributed by atoms with van der Waals surface area (Å²) < 4.78 is 0. The van der Waals surface area contributed by atoms with Crippen molar-refractivity contribution in [2.24, 2.45) is 0 Å². The number of aromatic carboxylic acids is 1. The van der Waals surface area contributed by atoms with Gasteiger partial charge in [-0.15, -0.1) is 0 Å². The van der Waals surface area contributed by atoms with Crippen molar-refractivity contribution in [1.82, 2.24) is 9.80 Å². The molecule has 1 aromatic rings. The van der Waals surface area contributed by atoms with Gasteiger partial charge in [0, 0.05) is 31.9 Å². The molecule has 1 heterocycles. The molecule has 1 aliphatic rings. The number of nitrogens with zero attached hydrogens (tertiary/aromatic N) is 2. The van der Waals surface area contributed by atoms with Gasteiger partial charge in [0.15, 0.2) is 0 Å². The van der Waals surface area contributed by atoms with E-state index in [0.717, 1.165) is 13.1 Å². The number of carboxylic acids is 1. The number of carboxylic acid groups (broad SMARTS) is 1. The Morgan fingerprint density at radius 1 is 1.20 bits per heavy atom. The summed E-state index contributed by atoms with van der Waals surface area (Å²) in [7, 11) is 2.02. The number of urea groups is 1. The molecule has 20 heavy (non-hydrogen) atoms. The fourth-order valence-corrected chi connectivity index (χ4v) is 2.14. The minimum Gasteiger partial charge on any atom is -0.478 e. The Morgan fingerprint density at radius 2 is 1.85 bits per heavy atom. The minimum absolute atomic E-state index is 0.182. The molecule has 0 bridgehead atoms. The molecule has 2 amide bonds. The number of hydrogen-bond donors (Lipinski definition) is 2. The van der Waals surface area contributed by atoms with Gasteiger partial charge in [0.1, 0.15) is 0 Å². The zero-order chi connectivity index (χ0) is 14.7. The van der Waals surface area contributed by atoms with Gasteiger partial charge in [-0.3, -0.25) is 0 Å². The fraction of sp³-hybridized carbons (Fsp3) is 0.429. The number of anilines is 1. The number of piperazine rings is 1. The van der Waals surface area contributed by atoms with E-state index >= 15 is 0 Å². The molecular weight excluding hydrogens is 258 g/mol. The van der Waals surface area contributed by atoms with Crippen molar-refractivity contribution >= 4 is 17.7 Å². The van der Waals surface area contributed by atoms with E-state index in [-0.39, 0.29) is 11.6 Å². The summed E-state index contributed by atoms with van der Waals surface area (Å²) in [5, 5.41) is 11.8. The van der Waals surface area contributed by atoms with Crippen molar-refractivity contribution in [1.29, 1.82) is 0 Å². The summed E-state index contributed by atoms with van der Waals surface area (Å²) in [4.78, 5) is 27.1. The number of carbonyl (C=O) groups excluding carboxylic acids is 1. The van der Waals surface area contributed by atoms with Crippen LogP contribution in [0.1, 0.15) is 15.9 Å². The first kappa shape index (κ1) is 14.3. The van der Waals surface area contributed by atoms with Crippen LogP contribution in [0.15, 0.2) is 18.2 Å². The average molecular weight is 277 g/mol. The summed E-state index contributed by atoms with van der Waals surface area (Å²) in [5.41, 5.74) is 1.40. The molecule has 0 saturated carbocycles. The predicted molar refractivity (Wildman–Crippen MR) is 76.2 cm³/mol. The van der Waals surface area contributed by atoms with E-state index in [1.54, 1.807) is 24.0 Å². The molecule has 0 aromatic heterocycles. The first-order chi connectivity index (χ1) is 9.47. The van der Waals surface area contributed by atoms with Crippen LogP contribution < -0.4 is 5.32 Å². The van der Waals surface area contributed by atoms with Gasteiger partial charge in [-0.1, -0.05) is 6.07 Å². The lowest BCUT2D eigenvalue weighted by molar-refractivity contribution is 0.0696. The van der Waals surface area contributed by atoms with Gasteiger partial charge in [-0.2, -0.15) is 0 Å². The largest absolute Gasteiger partial charge is 0.478 e. The summed E-state index contributed by atoms with van der Waals surface area (Å²) >= 11 is 0. The lowest BCUT2D eigenvalue weighted by Crippen LogP contribution is -2.48. The lowest BCUT2D eigenvalue weighted by atomic mass is 10.1. The second-order valence-corrected chi connectivity index (χ2v) is 5.06. The molecule has 6 heteroatoms. The SMILES string of the molecule is Cc1ccc(NC(=O)N2CCN(C)CC2)cc1C(=O)O. The van der Waals surface area contributed by atoms with Crippen LogP contribution in [0.5, 0.6) is 0 Å². The van der Waals surface area contributed by atoms with E-state index in [1.165, 1.54) is 6.07 Å². The van der Waals surface area contributed by atoms with Gasteiger partial charge in [0.05, 0.1) is 5.56 Å². The zero-order valence-corrected chi connectivity index (χ0v) is 11.7. The van der Waals surface area contributed by atoms with E-state index in [1.807, 2.05) is 7.05 Å². The fourth-order valence-electron chi connectivity index (χ4n) is 2.14. The maximum absolute atomic E-state index is 12.1. The van der Waals surface area contributed by atoms with E-state index in [9.17, 15) is 9.59 Å². The molecule has 2 rings (SSSR count). The lowest BCUT2D eigenvalue weighted by Gasteiger charge is -2.32. The third-order valence-electron chi connectivity index (χ3n) is 3.51. The monoisotopic (exact) mass is 277 g/mol. The van der Waals surface area contributed by atoms with E-state index < -0.39 is 5.97 Å². The van der Waals surface area contributed by atoms with Gasteiger partial charge in [-0.05, 0) is 31.7 Å². The van der Waals surface area contributed by atoms with Crippen LogP contribution in [0, 0.1) is 6.92 Å². The van der Waals surface area contributed by atoms with Gasteiger partial charge >= 0.3 is 12.0 Å². The summed E-state index contributed by atoms with van der Waals surface area (Å²) in [6.45, 7) is 4.79. The van der Waals surface area contributed by atoms with Crippen molar-refractivity contribution in [3.05, 3.63) is 29.3 Å². The molecule has 2 N–H and O–H groups in total. The van der Waals surface area contributed by atoms with Crippen molar-refractivity contribution in [2.45, 2.75) is 6.92 Å². The van der Waals surface area contributed by atoms with Gasteiger partial charge in [0.2, 0.25) is 0 Å². The smallest absolute Gasteiger partial charge is 0.336 e. The molecule has 6 nitrogen and oxygen atoms in total. The van der Waals surface area contributed by atoms with Crippen LogP contribution in [-0.4, -0.2) is 60.1 Å². The molecule has 0 radical (unpaired) electrons. The number of nitrogens with one attached hydrogen (secondary N) is 1. The predicted octanol–water partition coefficient (Wildman–Crippen LogP) is 1.47. The number of rotatable bonds is 2. The summed E-state index contributed by atoms with van der Waals surface area (Å²) in [5.74, 6) is -0.988. The maximum atomic E-state index is 12.1. The Morgan fingerprint density at radius 3 is 2.45 bits per heavy atom. The standard InChI is InChI=1S/C14H19N3O3/c1-10-3-4-11(9-12(10)13(18)19)15-14(20)17-7-5-16(2)6-8-17/h3-4,9H,5-8H2,1-2H3,(H,15,20)(H,18,19). The van der Waals surface area contributed by atoms with Gasteiger partial charge in [0.25, 0.3) is 0 Å². The summed E-state index contributed by atoms with van der Waals surface area (Å²) in [6, 6.07) is 4.73. The third-order valence-corrected chi connectivity index (χ3v) is 3.51. The Kier molecular flexibility index (Phi) is 4.24. The summed E-state index contributed by atoms with van der Waals surface area (Å²) in [6.07, 6.45) is 0. The van der Waals surface area contributed by atoms with Crippen LogP contribution in [0.3, 0.4) is 0 Å². The molecule has 0 atom stereocenters. The molecule has 1 aromatic carbocycles. The number of hydrogen-bond acceptors (Lipinski definition) is 3. The van der Waals surface area contributed by atoms with Gasteiger partial charge in [-0.25, -0.2) is 9.59 Å². The molecule has 1 aliphatic heterocycles. The second kappa shape index (κ2) is 5.92. The molecule has 0 spiro atoms. The Hall–Kier alpha value is -2.08. The number of amides is 2. The van der Waals surface area contributed by atoms with E-state index in [4.69, 9.17) is 5.11 Å². The van der Waals surface area contributed by atoms with Crippen LogP contribution in [0.4, 0.5) is 10.5 Å². The topological polar surface area (TPSA) is 72.9 Å². The number of likely N-dealkylation sites (N-methyl/N-ethyl adjacent to an activating group) is 1. The van der Waals surface area contributed by atoms with Crippen molar-refractivity contribution < 1.29 is 14.7 Å². The first-order valence-electron chi connectivity index (χ1n) is 6.56. The van der Waals surface area contributed by atoms with E-state index in [0.29, 0.717) is 24.3 Å². The zero-order valence-electron chi connectivity index (χ0n) is 11.7. The van der Waals surface area contributed by atoms with E-state index in [2.05, 4.69) is 10.2 Å². The highest BCUT2D eigenvalue weighted by atomic mass is 16.4. The Balaban J connectivity index is 2.04. The quantitative estimate of drug-likeness (QED) is 0.858. The molecule has 108 valence electrons.